The monoisotopic (exact) mass is 338 g/mol. The van der Waals surface area contributed by atoms with Gasteiger partial charge in [0, 0.05) is 6.07 Å². The highest BCUT2D eigenvalue weighted by atomic mass is 19.2. The minimum atomic E-state index is -0.841. The molecule has 1 aliphatic rings. The van der Waals surface area contributed by atoms with Crippen molar-refractivity contribution in [1.29, 1.82) is 0 Å². The van der Waals surface area contributed by atoms with E-state index in [1.807, 2.05) is 0 Å². The van der Waals surface area contributed by atoms with E-state index in [2.05, 4.69) is 6.92 Å². The van der Waals surface area contributed by atoms with Crippen LogP contribution in [0.1, 0.15) is 77.6 Å². The predicted octanol–water partition coefficient (Wildman–Crippen LogP) is 6.90. The summed E-state index contributed by atoms with van der Waals surface area (Å²) in [6.07, 6.45) is 14.5. The molecule has 1 aliphatic carbocycles. The fraction of sp³-hybridized carbons (Fsp3) is 0.714. The van der Waals surface area contributed by atoms with Crippen LogP contribution in [0.25, 0.3) is 0 Å². The van der Waals surface area contributed by atoms with Gasteiger partial charge in [-0.2, -0.15) is 0 Å². The van der Waals surface area contributed by atoms with Crippen molar-refractivity contribution in [3.05, 3.63) is 29.8 Å². The summed E-state index contributed by atoms with van der Waals surface area (Å²) in [5.41, 5.74) is 0. The molecular formula is C21H32F2O. The lowest BCUT2D eigenvalue weighted by Gasteiger charge is -2.31. The maximum atomic E-state index is 13.1. The maximum Gasteiger partial charge on any atom is 0.162 e. The van der Waals surface area contributed by atoms with Crippen molar-refractivity contribution in [3.63, 3.8) is 0 Å². The SMILES string of the molecule is CCCCCCC1CCCCC1CCCOc1ccc(F)c(F)c1. The van der Waals surface area contributed by atoms with Crippen molar-refractivity contribution in [2.45, 2.75) is 77.6 Å². The highest BCUT2D eigenvalue weighted by molar-refractivity contribution is 5.23. The van der Waals surface area contributed by atoms with Crippen LogP contribution in [0.5, 0.6) is 5.75 Å². The van der Waals surface area contributed by atoms with Crippen molar-refractivity contribution >= 4 is 0 Å². The molecule has 1 fully saturated rings. The molecule has 0 bridgehead atoms. The van der Waals surface area contributed by atoms with Crippen LogP contribution in [0.2, 0.25) is 0 Å². The molecule has 2 unspecified atom stereocenters. The summed E-state index contributed by atoms with van der Waals surface area (Å²) in [4.78, 5) is 0. The van der Waals surface area contributed by atoms with Gasteiger partial charge in [-0.15, -0.1) is 0 Å². The van der Waals surface area contributed by atoms with Crippen LogP contribution in [-0.4, -0.2) is 6.61 Å². The molecule has 0 N–H and O–H groups in total. The van der Waals surface area contributed by atoms with Crippen LogP contribution in [0.15, 0.2) is 18.2 Å². The Morgan fingerprint density at radius 1 is 0.917 bits per heavy atom. The second kappa shape index (κ2) is 10.7. The molecule has 0 radical (unpaired) electrons. The van der Waals surface area contributed by atoms with E-state index in [9.17, 15) is 8.78 Å². The smallest absolute Gasteiger partial charge is 0.162 e. The van der Waals surface area contributed by atoms with Crippen molar-refractivity contribution in [2.24, 2.45) is 11.8 Å². The maximum absolute atomic E-state index is 13.1. The van der Waals surface area contributed by atoms with Gasteiger partial charge >= 0.3 is 0 Å². The third-order valence-corrected chi connectivity index (χ3v) is 5.37. The molecule has 1 aromatic carbocycles. The molecule has 136 valence electrons. The summed E-state index contributed by atoms with van der Waals surface area (Å²) in [5, 5.41) is 0. The molecular weight excluding hydrogens is 306 g/mol. The number of benzene rings is 1. The second-order valence-electron chi connectivity index (χ2n) is 7.22. The van der Waals surface area contributed by atoms with Gasteiger partial charge < -0.3 is 4.74 Å². The lowest BCUT2D eigenvalue weighted by atomic mass is 9.74. The minimum absolute atomic E-state index is 0.425. The van der Waals surface area contributed by atoms with E-state index in [0.29, 0.717) is 12.4 Å². The van der Waals surface area contributed by atoms with Gasteiger partial charge in [0.05, 0.1) is 6.61 Å². The molecule has 0 heterocycles. The zero-order chi connectivity index (χ0) is 17.2. The number of ether oxygens (including phenoxy) is 1. The Morgan fingerprint density at radius 3 is 2.29 bits per heavy atom. The molecule has 3 heteroatoms. The molecule has 0 aromatic heterocycles. The van der Waals surface area contributed by atoms with E-state index in [1.165, 1.54) is 70.3 Å². The summed E-state index contributed by atoms with van der Waals surface area (Å²) in [7, 11) is 0. The first-order valence-electron chi connectivity index (χ1n) is 9.78. The van der Waals surface area contributed by atoms with Gasteiger partial charge in [-0.25, -0.2) is 8.78 Å². The largest absolute Gasteiger partial charge is 0.493 e. The first-order chi connectivity index (χ1) is 11.7. The van der Waals surface area contributed by atoms with Crippen LogP contribution in [0.4, 0.5) is 8.78 Å². The molecule has 0 aliphatic heterocycles. The van der Waals surface area contributed by atoms with Gasteiger partial charge in [-0.05, 0) is 36.8 Å². The topological polar surface area (TPSA) is 9.23 Å². The van der Waals surface area contributed by atoms with Crippen LogP contribution in [-0.2, 0) is 0 Å². The molecule has 1 aromatic rings. The van der Waals surface area contributed by atoms with Crippen LogP contribution >= 0.6 is 0 Å². The Morgan fingerprint density at radius 2 is 1.62 bits per heavy atom. The lowest BCUT2D eigenvalue weighted by Crippen LogP contribution is -2.20. The van der Waals surface area contributed by atoms with Gasteiger partial charge in [0.15, 0.2) is 11.6 Å². The van der Waals surface area contributed by atoms with Gasteiger partial charge in [0.1, 0.15) is 5.75 Å². The molecule has 24 heavy (non-hydrogen) atoms. The highest BCUT2D eigenvalue weighted by Gasteiger charge is 2.24. The predicted molar refractivity (Wildman–Crippen MR) is 95.3 cm³/mol. The van der Waals surface area contributed by atoms with Crippen LogP contribution < -0.4 is 4.74 Å². The van der Waals surface area contributed by atoms with Gasteiger partial charge in [-0.1, -0.05) is 64.7 Å². The molecule has 0 spiro atoms. The van der Waals surface area contributed by atoms with Gasteiger partial charge in [0.25, 0.3) is 0 Å². The molecule has 1 saturated carbocycles. The first-order valence-corrected chi connectivity index (χ1v) is 9.78. The molecule has 2 rings (SSSR count). The summed E-state index contributed by atoms with van der Waals surface area (Å²) in [6.45, 7) is 2.85. The number of rotatable bonds is 10. The normalized spacial score (nSPS) is 21.0. The Bertz CT molecular complexity index is 475. The van der Waals surface area contributed by atoms with E-state index in [0.717, 1.165) is 30.4 Å². The zero-order valence-electron chi connectivity index (χ0n) is 15.0. The average molecular weight is 338 g/mol. The standard InChI is InChI=1S/C21H32F2O/c1-2-3-4-5-9-17-10-6-7-11-18(17)12-8-15-24-19-13-14-20(22)21(23)16-19/h13-14,16-18H,2-12,15H2,1H3. The minimum Gasteiger partial charge on any atom is -0.493 e. The summed E-state index contributed by atoms with van der Waals surface area (Å²) in [6, 6.07) is 3.75. The van der Waals surface area contributed by atoms with E-state index in [4.69, 9.17) is 4.74 Å². The number of hydrogen-bond acceptors (Lipinski definition) is 1. The summed E-state index contributed by atoms with van der Waals surface area (Å²) >= 11 is 0. The van der Waals surface area contributed by atoms with Crippen molar-refractivity contribution < 1.29 is 13.5 Å². The van der Waals surface area contributed by atoms with Gasteiger partial charge in [0.2, 0.25) is 0 Å². The molecule has 1 nitrogen and oxygen atoms in total. The number of halogens is 2. The number of unbranched alkanes of at least 4 members (excludes halogenated alkanes) is 3. The van der Waals surface area contributed by atoms with Crippen LogP contribution in [0, 0.1) is 23.5 Å². The van der Waals surface area contributed by atoms with E-state index in [1.54, 1.807) is 0 Å². The van der Waals surface area contributed by atoms with E-state index >= 15 is 0 Å². The fourth-order valence-electron chi connectivity index (χ4n) is 3.98. The quantitative estimate of drug-likeness (QED) is 0.422. The van der Waals surface area contributed by atoms with Crippen LogP contribution in [0.3, 0.4) is 0 Å². The van der Waals surface area contributed by atoms with Crippen molar-refractivity contribution in [2.75, 3.05) is 6.61 Å². The zero-order valence-corrected chi connectivity index (χ0v) is 15.0. The van der Waals surface area contributed by atoms with Crippen molar-refractivity contribution in [1.82, 2.24) is 0 Å². The Labute approximate surface area is 145 Å². The Kier molecular flexibility index (Phi) is 8.55. The third-order valence-electron chi connectivity index (χ3n) is 5.37. The van der Waals surface area contributed by atoms with Gasteiger partial charge in [-0.3, -0.25) is 0 Å². The fourth-order valence-corrected chi connectivity index (χ4v) is 3.98. The lowest BCUT2D eigenvalue weighted by molar-refractivity contribution is 0.190. The number of hydrogen-bond donors (Lipinski definition) is 0. The average Bonchev–Trinajstić information content (AvgIpc) is 2.59. The van der Waals surface area contributed by atoms with Crippen molar-refractivity contribution in [3.8, 4) is 5.75 Å². The summed E-state index contributed by atoms with van der Waals surface area (Å²) < 4.78 is 31.6. The first kappa shape index (κ1) is 19.2. The van der Waals surface area contributed by atoms with E-state index in [-0.39, 0.29) is 0 Å². The molecule has 0 saturated heterocycles. The Hall–Kier alpha value is -1.12. The molecule has 0 amide bonds. The molecule has 2 atom stereocenters. The Balaban J connectivity index is 1.67. The third kappa shape index (κ3) is 6.41. The highest BCUT2D eigenvalue weighted by Crippen LogP contribution is 2.36. The summed E-state index contributed by atoms with van der Waals surface area (Å²) in [5.74, 6) is 0.476. The van der Waals surface area contributed by atoms with E-state index < -0.39 is 11.6 Å². The second-order valence-corrected chi connectivity index (χ2v) is 7.22.